The summed E-state index contributed by atoms with van der Waals surface area (Å²) in [6, 6.07) is 8.06. The topological polar surface area (TPSA) is 116 Å². The molecule has 10 heteroatoms. The summed E-state index contributed by atoms with van der Waals surface area (Å²) < 4.78 is 32.8. The first kappa shape index (κ1) is 21.2. The highest BCUT2D eigenvalue weighted by Crippen LogP contribution is 2.23. The van der Waals surface area contributed by atoms with Crippen LogP contribution in [0.4, 0.5) is 0 Å². The number of hydrogen-bond donors (Lipinski definition) is 0. The van der Waals surface area contributed by atoms with Gasteiger partial charge in [-0.2, -0.15) is 9.57 Å². The highest BCUT2D eigenvalue weighted by atomic mass is 32.2. The maximum absolute atomic E-state index is 12.9. The van der Waals surface area contributed by atoms with Crippen molar-refractivity contribution < 1.29 is 17.9 Å². The fourth-order valence-corrected chi connectivity index (χ4v) is 5.38. The van der Waals surface area contributed by atoms with Crippen molar-refractivity contribution in [3.63, 3.8) is 0 Å². The lowest BCUT2D eigenvalue weighted by Gasteiger charge is -2.26. The predicted molar refractivity (Wildman–Crippen MR) is 111 cm³/mol. The van der Waals surface area contributed by atoms with E-state index in [1.54, 1.807) is 17.0 Å². The Balaban J connectivity index is 1.40. The van der Waals surface area contributed by atoms with Crippen molar-refractivity contribution in [3.05, 3.63) is 47.9 Å². The van der Waals surface area contributed by atoms with Crippen molar-refractivity contribution in [1.29, 1.82) is 5.26 Å². The first-order valence-electron chi connectivity index (χ1n) is 10.3. The van der Waals surface area contributed by atoms with E-state index in [4.69, 9.17) is 10.00 Å². The summed E-state index contributed by atoms with van der Waals surface area (Å²) in [4.78, 5) is 22.7. The molecule has 4 rings (SSSR count). The number of hydrogen-bond acceptors (Lipinski definition) is 7. The summed E-state index contributed by atoms with van der Waals surface area (Å²) in [5, 5.41) is 9.10. The highest BCUT2D eigenvalue weighted by molar-refractivity contribution is 7.89. The zero-order valence-electron chi connectivity index (χ0n) is 17.0. The summed E-state index contributed by atoms with van der Waals surface area (Å²) in [6.45, 7) is 1.93. The minimum atomic E-state index is -3.52. The Labute approximate surface area is 181 Å². The smallest absolute Gasteiger partial charge is 0.253 e. The average molecular weight is 442 g/mol. The predicted octanol–water partition coefficient (Wildman–Crippen LogP) is 1.82. The number of benzene rings is 1. The van der Waals surface area contributed by atoms with E-state index in [2.05, 4.69) is 9.97 Å². The van der Waals surface area contributed by atoms with Gasteiger partial charge in [-0.15, -0.1) is 0 Å². The molecule has 0 aliphatic carbocycles. The molecular weight excluding hydrogens is 418 g/mol. The van der Waals surface area contributed by atoms with E-state index in [1.807, 2.05) is 6.07 Å². The molecule has 1 unspecified atom stereocenters. The van der Waals surface area contributed by atoms with E-state index >= 15 is 0 Å². The summed E-state index contributed by atoms with van der Waals surface area (Å²) in [5.74, 6) is -0.0238. The first-order valence-corrected chi connectivity index (χ1v) is 11.7. The summed E-state index contributed by atoms with van der Waals surface area (Å²) in [5.41, 5.74) is 0.535. The van der Waals surface area contributed by atoms with Crippen LogP contribution in [-0.2, 0) is 10.0 Å². The lowest BCUT2D eigenvalue weighted by molar-refractivity contribution is 0.0771. The molecule has 1 aromatic heterocycles. The Morgan fingerprint density at radius 3 is 2.48 bits per heavy atom. The van der Waals surface area contributed by atoms with Gasteiger partial charge in [0, 0.05) is 44.0 Å². The van der Waals surface area contributed by atoms with Crippen LogP contribution in [0.25, 0.3) is 0 Å². The van der Waals surface area contributed by atoms with Gasteiger partial charge in [0.2, 0.25) is 15.7 Å². The number of piperidine rings is 1. The molecular formula is C21H23N5O4S. The zero-order chi connectivity index (χ0) is 21.8. The minimum absolute atomic E-state index is 0.109. The highest BCUT2D eigenvalue weighted by Gasteiger charge is 2.30. The van der Waals surface area contributed by atoms with Gasteiger partial charge in [-0.05, 0) is 37.1 Å². The van der Waals surface area contributed by atoms with Gasteiger partial charge >= 0.3 is 0 Å². The lowest BCUT2D eigenvalue weighted by atomic mass is 10.2. The molecule has 2 fully saturated rings. The number of nitriles is 1. The van der Waals surface area contributed by atoms with Crippen LogP contribution in [0.1, 0.15) is 41.7 Å². The maximum Gasteiger partial charge on any atom is 0.253 e. The van der Waals surface area contributed by atoms with Crippen LogP contribution >= 0.6 is 0 Å². The van der Waals surface area contributed by atoms with Gasteiger partial charge in [-0.25, -0.2) is 18.4 Å². The van der Waals surface area contributed by atoms with E-state index in [-0.39, 0.29) is 28.5 Å². The number of sulfonamides is 1. The van der Waals surface area contributed by atoms with Gasteiger partial charge in [0.05, 0.1) is 11.4 Å². The van der Waals surface area contributed by atoms with Gasteiger partial charge in [0.25, 0.3) is 11.8 Å². The Bertz CT molecular complexity index is 1090. The number of likely N-dealkylation sites (tertiary alicyclic amines) is 1. The Morgan fingerprint density at radius 2 is 1.77 bits per heavy atom. The molecule has 3 heterocycles. The molecule has 0 spiro atoms. The van der Waals surface area contributed by atoms with Gasteiger partial charge in [-0.1, -0.05) is 6.42 Å². The number of nitrogens with zero attached hydrogens (tertiary/aromatic N) is 5. The SMILES string of the molecule is N#Cc1nccnc1OC1CCN(C(=O)c2ccc(S(=O)(=O)N3CCCCC3)cc2)C1. The molecule has 0 saturated carbocycles. The van der Waals surface area contributed by atoms with Crippen molar-refractivity contribution >= 4 is 15.9 Å². The molecule has 1 atom stereocenters. The molecule has 2 aromatic rings. The molecule has 0 bridgehead atoms. The van der Waals surface area contributed by atoms with Crippen molar-refractivity contribution in [2.45, 2.75) is 36.7 Å². The zero-order valence-corrected chi connectivity index (χ0v) is 17.8. The molecule has 9 nitrogen and oxygen atoms in total. The Kier molecular flexibility index (Phi) is 6.15. The number of aromatic nitrogens is 2. The van der Waals surface area contributed by atoms with Gasteiger partial charge in [0.1, 0.15) is 12.2 Å². The van der Waals surface area contributed by atoms with Crippen LogP contribution < -0.4 is 4.74 Å². The minimum Gasteiger partial charge on any atom is -0.470 e. The molecule has 2 saturated heterocycles. The van der Waals surface area contributed by atoms with E-state index in [0.717, 1.165) is 19.3 Å². The average Bonchev–Trinajstić information content (AvgIpc) is 3.28. The molecule has 2 aliphatic rings. The van der Waals surface area contributed by atoms with E-state index in [9.17, 15) is 13.2 Å². The van der Waals surface area contributed by atoms with Crippen molar-refractivity contribution in [2.24, 2.45) is 0 Å². The fraction of sp³-hybridized carbons (Fsp3) is 0.429. The van der Waals surface area contributed by atoms with Crippen LogP contribution in [0.3, 0.4) is 0 Å². The summed E-state index contributed by atoms with van der Waals surface area (Å²) in [7, 11) is -3.52. The largest absolute Gasteiger partial charge is 0.470 e. The lowest BCUT2D eigenvalue weighted by Crippen LogP contribution is -2.35. The van der Waals surface area contributed by atoms with Crippen molar-refractivity contribution in [3.8, 4) is 11.9 Å². The molecule has 1 aromatic carbocycles. The van der Waals surface area contributed by atoms with Crippen LogP contribution in [0.5, 0.6) is 5.88 Å². The Morgan fingerprint density at radius 1 is 1.06 bits per heavy atom. The van der Waals surface area contributed by atoms with Crippen LogP contribution in [0.2, 0.25) is 0 Å². The van der Waals surface area contributed by atoms with Crippen molar-refractivity contribution in [2.75, 3.05) is 26.2 Å². The number of carbonyl (C=O) groups is 1. The quantitative estimate of drug-likeness (QED) is 0.695. The van der Waals surface area contributed by atoms with Gasteiger partial charge < -0.3 is 9.64 Å². The third kappa shape index (κ3) is 4.52. The second-order valence-corrected chi connectivity index (χ2v) is 9.53. The van der Waals surface area contributed by atoms with Crippen molar-refractivity contribution in [1.82, 2.24) is 19.2 Å². The third-order valence-electron chi connectivity index (χ3n) is 5.54. The maximum atomic E-state index is 12.9. The monoisotopic (exact) mass is 441 g/mol. The number of ether oxygens (including phenoxy) is 1. The number of rotatable bonds is 5. The van der Waals surface area contributed by atoms with Crippen LogP contribution in [0, 0.1) is 11.3 Å². The van der Waals surface area contributed by atoms with Gasteiger partial charge in [0.15, 0.2) is 0 Å². The third-order valence-corrected chi connectivity index (χ3v) is 7.45. The molecule has 162 valence electrons. The second-order valence-electron chi connectivity index (χ2n) is 7.59. The first-order chi connectivity index (χ1) is 15.0. The van der Waals surface area contributed by atoms with Crippen LogP contribution in [0.15, 0.2) is 41.6 Å². The standard InChI is InChI=1S/C21H23N5O4S/c22-14-19-20(24-10-9-23-19)30-17-8-13-25(15-17)21(27)16-4-6-18(7-5-16)31(28,29)26-11-2-1-3-12-26/h4-7,9-10,17H,1-3,8,11-13,15H2. The van der Waals surface area contributed by atoms with Crippen LogP contribution in [-0.4, -0.2) is 65.8 Å². The molecule has 0 radical (unpaired) electrons. The Hall–Kier alpha value is -3.03. The normalized spacial score (nSPS) is 19.7. The van der Waals surface area contributed by atoms with E-state index in [0.29, 0.717) is 38.2 Å². The van der Waals surface area contributed by atoms with Gasteiger partial charge in [-0.3, -0.25) is 4.79 Å². The van der Waals surface area contributed by atoms with E-state index in [1.165, 1.54) is 28.8 Å². The molecule has 1 amide bonds. The molecule has 2 aliphatic heterocycles. The molecule has 0 N–H and O–H groups in total. The number of carbonyl (C=O) groups excluding carboxylic acids is 1. The van der Waals surface area contributed by atoms with E-state index < -0.39 is 10.0 Å². The second kappa shape index (κ2) is 8.99. The number of amides is 1. The fourth-order valence-electron chi connectivity index (χ4n) is 3.86. The molecule has 31 heavy (non-hydrogen) atoms. The summed E-state index contributed by atoms with van der Waals surface area (Å²) in [6.07, 6.45) is 5.99. The summed E-state index contributed by atoms with van der Waals surface area (Å²) >= 11 is 0.